The predicted molar refractivity (Wildman–Crippen MR) is 179 cm³/mol. The van der Waals surface area contributed by atoms with Gasteiger partial charge < -0.3 is 10.0 Å². The molecule has 6 heteroatoms. The van der Waals surface area contributed by atoms with E-state index in [4.69, 9.17) is 0 Å². The third kappa shape index (κ3) is 4.69. The second-order valence-corrected chi connectivity index (χ2v) is 12.8. The molecule has 4 aromatic rings. The molecule has 1 aliphatic heterocycles. The third-order valence-corrected chi connectivity index (χ3v) is 9.65. The molecule has 0 fully saturated rings. The summed E-state index contributed by atoms with van der Waals surface area (Å²) in [7, 11) is 0. The average Bonchev–Trinajstić information content (AvgIpc) is 3.36. The quantitative estimate of drug-likeness (QED) is 0.127. The van der Waals surface area contributed by atoms with Crippen LogP contribution < -0.4 is 4.90 Å². The van der Waals surface area contributed by atoms with E-state index in [9.17, 15) is 15.2 Å². The summed E-state index contributed by atoms with van der Waals surface area (Å²) in [6.07, 6.45) is 4.34. The minimum Gasteiger partial charge on any atom is -0.507 e. The van der Waals surface area contributed by atoms with Crippen LogP contribution in [0.2, 0.25) is 0 Å². The fourth-order valence-corrected chi connectivity index (χ4v) is 7.10. The van der Waals surface area contributed by atoms with Crippen molar-refractivity contribution in [1.82, 2.24) is 0 Å². The first-order chi connectivity index (χ1) is 21.0. The Morgan fingerprint density at radius 2 is 1.50 bits per heavy atom. The van der Waals surface area contributed by atoms with Crippen LogP contribution in [0.25, 0.3) is 17.2 Å². The molecule has 0 saturated heterocycles. The molecule has 1 heterocycles. The maximum absolute atomic E-state index is 11.5. The lowest BCUT2D eigenvalue weighted by Crippen LogP contribution is -2.27. The van der Waals surface area contributed by atoms with Crippen LogP contribution in [0.15, 0.2) is 84.9 Å². The lowest BCUT2D eigenvalue weighted by atomic mass is 9.80. The highest BCUT2D eigenvalue weighted by molar-refractivity contribution is 6.05. The number of rotatable bonds is 8. The van der Waals surface area contributed by atoms with Gasteiger partial charge in [-0.25, -0.2) is 0 Å². The van der Waals surface area contributed by atoms with Crippen LogP contribution in [0.1, 0.15) is 69.4 Å². The zero-order valence-corrected chi connectivity index (χ0v) is 26.4. The van der Waals surface area contributed by atoms with Gasteiger partial charge in [-0.3, -0.25) is 10.1 Å². The molecule has 1 aliphatic carbocycles. The summed E-state index contributed by atoms with van der Waals surface area (Å²) in [5, 5.41) is 22.2. The van der Waals surface area contributed by atoms with E-state index in [1.807, 2.05) is 12.1 Å². The minimum absolute atomic E-state index is 0.0346. The second kappa shape index (κ2) is 10.8. The van der Waals surface area contributed by atoms with Gasteiger partial charge in [-0.05, 0) is 79.8 Å². The topological polar surface area (TPSA) is 69.6 Å². The predicted octanol–water partition coefficient (Wildman–Crippen LogP) is 8.74. The summed E-state index contributed by atoms with van der Waals surface area (Å²) in [6.45, 7) is 15.7. The van der Waals surface area contributed by atoms with Crippen LogP contribution in [0.5, 0.6) is 5.75 Å². The molecule has 0 saturated carbocycles. The highest BCUT2D eigenvalue weighted by Crippen LogP contribution is 2.50. The van der Waals surface area contributed by atoms with Crippen molar-refractivity contribution in [2.45, 2.75) is 58.9 Å². The smallest absolute Gasteiger partial charge is 0.270 e. The lowest BCUT2D eigenvalue weighted by Gasteiger charge is -2.25. The number of phenols is 1. The molecule has 0 unspecified atom stereocenters. The number of non-ortho nitro benzene ring substituents is 1. The van der Waals surface area contributed by atoms with Gasteiger partial charge in [0.2, 0.25) is 5.69 Å². The van der Waals surface area contributed by atoms with Crippen LogP contribution in [-0.2, 0) is 17.4 Å². The Labute approximate surface area is 259 Å². The number of phenolic OH excluding ortho intramolecular Hbond substituents is 1. The van der Waals surface area contributed by atoms with Crippen LogP contribution >= 0.6 is 0 Å². The van der Waals surface area contributed by atoms with Crippen molar-refractivity contribution in [2.75, 3.05) is 18.0 Å². The Kier molecular flexibility index (Phi) is 7.19. The van der Waals surface area contributed by atoms with E-state index in [2.05, 4.69) is 112 Å². The number of hydrogen-bond acceptors (Lipinski definition) is 4. The van der Waals surface area contributed by atoms with E-state index >= 15 is 0 Å². The number of hydrogen-bond donors (Lipinski definition) is 1. The number of aromatic hydroxyl groups is 1. The Morgan fingerprint density at radius 3 is 2.20 bits per heavy atom. The summed E-state index contributed by atoms with van der Waals surface area (Å²) in [5.74, 6) is 0.0469. The standard InChI is InChI=1S/C38H39N3O3/c1-7-39(8-2)27-15-18-30-29-17-13-25(21-32(29)37(3,4)33(30)23-27)14-20-36-38(5,6)31-11-9-10-12-34(31)40(36)24-26-22-28(41(43)44)16-19-35(26)42/h9-23H,7-8,24H2,1-6H3/p+1. The van der Waals surface area contributed by atoms with Crippen LogP contribution in [0.4, 0.5) is 17.1 Å². The van der Waals surface area contributed by atoms with Crippen molar-refractivity contribution in [3.63, 3.8) is 0 Å². The number of nitro benzene ring substituents is 1. The zero-order valence-electron chi connectivity index (χ0n) is 26.4. The number of anilines is 1. The fourth-order valence-electron chi connectivity index (χ4n) is 7.10. The maximum Gasteiger partial charge on any atom is 0.270 e. The molecule has 2 aliphatic rings. The van der Waals surface area contributed by atoms with E-state index in [0.717, 1.165) is 30.1 Å². The first kappa shape index (κ1) is 29.4. The monoisotopic (exact) mass is 586 g/mol. The molecule has 1 N–H and O–H groups in total. The maximum atomic E-state index is 11.5. The fraction of sp³-hybridized carbons (Fsp3) is 0.289. The summed E-state index contributed by atoms with van der Waals surface area (Å²) in [6, 6.07) is 26.1. The van der Waals surface area contributed by atoms with E-state index in [1.165, 1.54) is 51.7 Å². The van der Waals surface area contributed by atoms with E-state index in [0.29, 0.717) is 12.1 Å². The number of nitrogens with zero attached hydrogens (tertiary/aromatic N) is 3. The first-order valence-corrected chi connectivity index (χ1v) is 15.4. The molecule has 0 radical (unpaired) electrons. The van der Waals surface area contributed by atoms with Crippen molar-refractivity contribution in [2.24, 2.45) is 0 Å². The summed E-state index contributed by atoms with van der Waals surface area (Å²) in [5.41, 5.74) is 11.0. The first-order valence-electron chi connectivity index (χ1n) is 15.4. The number of benzene rings is 4. The van der Waals surface area contributed by atoms with Gasteiger partial charge in [0, 0.05) is 54.0 Å². The number of allylic oxidation sites excluding steroid dienone is 1. The molecule has 4 aromatic carbocycles. The molecule has 6 rings (SSSR count). The van der Waals surface area contributed by atoms with Gasteiger partial charge in [-0.2, -0.15) is 4.58 Å². The van der Waals surface area contributed by atoms with Gasteiger partial charge in [0.05, 0.1) is 15.9 Å². The van der Waals surface area contributed by atoms with Crippen molar-refractivity contribution < 1.29 is 14.6 Å². The van der Waals surface area contributed by atoms with E-state index in [1.54, 1.807) is 0 Å². The van der Waals surface area contributed by atoms with Crippen molar-refractivity contribution >= 4 is 28.8 Å². The number of para-hydroxylation sites is 1. The molecule has 0 bridgehead atoms. The normalized spacial score (nSPS) is 15.8. The molecule has 0 spiro atoms. The van der Waals surface area contributed by atoms with Gasteiger partial charge in [-0.15, -0.1) is 0 Å². The molecule has 224 valence electrons. The Bertz CT molecular complexity index is 1860. The Morgan fingerprint density at radius 1 is 0.818 bits per heavy atom. The SMILES string of the molecule is CCN(CC)c1ccc2c(c1)C(C)(C)c1cc(C=CC3=[N+](Cc4cc([N+](=O)[O-])ccc4O)c4ccccc4C3(C)C)ccc1-2. The molecular formula is C38H40N3O3+. The van der Waals surface area contributed by atoms with Gasteiger partial charge in [0.25, 0.3) is 5.69 Å². The van der Waals surface area contributed by atoms with Crippen LogP contribution in [-0.4, -0.2) is 33.4 Å². The molecule has 44 heavy (non-hydrogen) atoms. The lowest BCUT2D eigenvalue weighted by molar-refractivity contribution is -0.455. The minimum atomic E-state index is -0.423. The van der Waals surface area contributed by atoms with Crippen LogP contribution in [0.3, 0.4) is 0 Å². The third-order valence-electron chi connectivity index (χ3n) is 9.65. The van der Waals surface area contributed by atoms with Crippen molar-refractivity contribution in [3.8, 4) is 16.9 Å². The van der Waals surface area contributed by atoms with Crippen molar-refractivity contribution in [1.29, 1.82) is 0 Å². The van der Waals surface area contributed by atoms with Gasteiger partial charge >= 0.3 is 0 Å². The van der Waals surface area contributed by atoms with Crippen LogP contribution in [0, 0.1) is 10.1 Å². The molecular weight excluding hydrogens is 546 g/mol. The highest BCUT2D eigenvalue weighted by atomic mass is 16.6. The van der Waals surface area contributed by atoms with Gasteiger partial charge in [0.15, 0.2) is 12.3 Å². The summed E-state index contributed by atoms with van der Waals surface area (Å²) >= 11 is 0. The van der Waals surface area contributed by atoms with Gasteiger partial charge in [0.1, 0.15) is 5.75 Å². The number of fused-ring (bicyclic) bond motifs is 4. The molecule has 0 atom stereocenters. The van der Waals surface area contributed by atoms with Gasteiger partial charge in [-0.1, -0.05) is 56.3 Å². The molecule has 0 amide bonds. The second-order valence-electron chi connectivity index (χ2n) is 12.8. The van der Waals surface area contributed by atoms with Crippen molar-refractivity contribution in [3.05, 3.63) is 123 Å². The zero-order chi connectivity index (χ0) is 31.4. The Balaban J connectivity index is 1.40. The largest absolute Gasteiger partial charge is 0.507 e. The average molecular weight is 587 g/mol. The molecule has 0 aromatic heterocycles. The van der Waals surface area contributed by atoms with E-state index in [-0.39, 0.29) is 22.3 Å². The summed E-state index contributed by atoms with van der Waals surface area (Å²) < 4.78 is 2.17. The Hall–Kier alpha value is -4.71. The molecule has 6 nitrogen and oxygen atoms in total. The number of nitro groups is 1. The highest BCUT2D eigenvalue weighted by Gasteiger charge is 2.44. The summed E-state index contributed by atoms with van der Waals surface area (Å²) in [4.78, 5) is 13.5. The van der Waals surface area contributed by atoms with E-state index < -0.39 is 4.92 Å².